The molecule has 0 aliphatic carbocycles. The van der Waals surface area contributed by atoms with Gasteiger partial charge in [0.15, 0.2) is 0 Å². The summed E-state index contributed by atoms with van der Waals surface area (Å²) >= 11 is 0. The van der Waals surface area contributed by atoms with Crippen LogP contribution in [-0.2, 0) is 9.59 Å². The zero-order chi connectivity index (χ0) is 16.7. The standard InChI is InChI=1S/C14H25N3O5/c1-8(2)5-11(17-14(21)22)13(20)16-10(7-18)6-9-3-4-15-12(9)19/h8-11,17-18H,3-7H2,1-2H3,(H,15,19)(H,16,20)(H,21,22)/t9?,10-,11-/m0/s1. The van der Waals surface area contributed by atoms with Gasteiger partial charge in [-0.15, -0.1) is 0 Å². The van der Waals surface area contributed by atoms with Crippen molar-refractivity contribution in [3.05, 3.63) is 0 Å². The average molecular weight is 315 g/mol. The molecule has 22 heavy (non-hydrogen) atoms. The quantitative estimate of drug-likeness (QED) is 0.419. The topological polar surface area (TPSA) is 128 Å². The lowest BCUT2D eigenvalue weighted by Crippen LogP contribution is -2.51. The fourth-order valence-electron chi connectivity index (χ4n) is 2.55. The van der Waals surface area contributed by atoms with Crippen LogP contribution < -0.4 is 16.0 Å². The maximum atomic E-state index is 12.2. The van der Waals surface area contributed by atoms with Gasteiger partial charge >= 0.3 is 6.09 Å². The molecule has 8 nitrogen and oxygen atoms in total. The molecule has 126 valence electrons. The predicted octanol–water partition coefficient (Wildman–Crippen LogP) is -0.328. The number of aliphatic hydroxyl groups excluding tert-OH is 1. The Bertz CT molecular complexity index is 413. The number of carbonyl (C=O) groups is 3. The maximum Gasteiger partial charge on any atom is 0.405 e. The van der Waals surface area contributed by atoms with E-state index in [1.54, 1.807) is 0 Å². The van der Waals surface area contributed by atoms with E-state index in [1.807, 2.05) is 13.8 Å². The Kier molecular flexibility index (Phi) is 7.10. The first-order valence-electron chi connectivity index (χ1n) is 7.51. The molecule has 0 saturated carbocycles. The number of rotatable bonds is 8. The molecule has 8 heteroatoms. The second-order valence-corrected chi connectivity index (χ2v) is 6.03. The third-order valence-corrected chi connectivity index (χ3v) is 3.62. The summed E-state index contributed by atoms with van der Waals surface area (Å²) in [6.07, 6.45) is 0.112. The van der Waals surface area contributed by atoms with E-state index in [0.717, 1.165) is 0 Å². The lowest BCUT2D eigenvalue weighted by Gasteiger charge is -2.23. The Morgan fingerprint density at radius 1 is 1.36 bits per heavy atom. The first kappa shape index (κ1) is 18.2. The summed E-state index contributed by atoms with van der Waals surface area (Å²) in [6.45, 7) is 4.08. The Morgan fingerprint density at radius 3 is 2.50 bits per heavy atom. The van der Waals surface area contributed by atoms with Gasteiger partial charge in [-0.3, -0.25) is 9.59 Å². The van der Waals surface area contributed by atoms with Gasteiger partial charge in [0.25, 0.3) is 0 Å². The molecule has 0 spiro atoms. The zero-order valence-electron chi connectivity index (χ0n) is 13.0. The Hall–Kier alpha value is -1.83. The first-order valence-corrected chi connectivity index (χ1v) is 7.51. The third kappa shape index (κ3) is 5.88. The number of hydrogen-bond acceptors (Lipinski definition) is 4. The summed E-state index contributed by atoms with van der Waals surface area (Å²) in [5.74, 6) is -0.645. The van der Waals surface area contributed by atoms with Crippen molar-refractivity contribution in [2.24, 2.45) is 11.8 Å². The number of amides is 3. The van der Waals surface area contributed by atoms with Gasteiger partial charge in [-0.1, -0.05) is 13.8 Å². The van der Waals surface area contributed by atoms with Crippen LogP contribution in [0.25, 0.3) is 0 Å². The minimum atomic E-state index is -1.27. The summed E-state index contributed by atoms with van der Waals surface area (Å²) < 4.78 is 0. The Balaban J connectivity index is 2.59. The van der Waals surface area contributed by atoms with E-state index in [4.69, 9.17) is 5.11 Å². The van der Waals surface area contributed by atoms with Crippen LogP contribution in [0.2, 0.25) is 0 Å². The summed E-state index contributed by atoms with van der Waals surface area (Å²) in [4.78, 5) is 34.5. The fraction of sp³-hybridized carbons (Fsp3) is 0.786. The molecule has 5 N–H and O–H groups in total. The minimum absolute atomic E-state index is 0.0740. The second kappa shape index (κ2) is 8.57. The molecule has 3 atom stereocenters. The number of nitrogens with one attached hydrogen (secondary N) is 3. The van der Waals surface area contributed by atoms with Gasteiger partial charge in [-0.2, -0.15) is 0 Å². The molecule has 1 heterocycles. The number of aliphatic hydroxyl groups is 1. The first-order chi connectivity index (χ1) is 10.3. The van der Waals surface area contributed by atoms with Gasteiger partial charge in [-0.25, -0.2) is 4.79 Å². The highest BCUT2D eigenvalue weighted by atomic mass is 16.4. The maximum absolute atomic E-state index is 12.2. The van der Waals surface area contributed by atoms with Crippen molar-refractivity contribution in [2.45, 2.75) is 45.2 Å². The molecule has 3 amide bonds. The van der Waals surface area contributed by atoms with Gasteiger partial charge in [0.2, 0.25) is 11.8 Å². The number of hydrogen-bond donors (Lipinski definition) is 5. The van der Waals surface area contributed by atoms with Crippen LogP contribution in [0.1, 0.15) is 33.1 Å². The molecule has 0 radical (unpaired) electrons. The van der Waals surface area contributed by atoms with E-state index in [-0.39, 0.29) is 24.3 Å². The predicted molar refractivity (Wildman–Crippen MR) is 79.2 cm³/mol. The number of carboxylic acid groups (broad SMARTS) is 1. The van der Waals surface area contributed by atoms with Crippen LogP contribution in [0, 0.1) is 11.8 Å². The Morgan fingerprint density at radius 2 is 2.05 bits per heavy atom. The molecule has 1 unspecified atom stereocenters. The van der Waals surface area contributed by atoms with Crippen molar-refractivity contribution in [1.29, 1.82) is 0 Å². The molecule has 0 aromatic heterocycles. The van der Waals surface area contributed by atoms with Crippen molar-refractivity contribution >= 4 is 17.9 Å². The lowest BCUT2D eigenvalue weighted by molar-refractivity contribution is -0.126. The molecular weight excluding hydrogens is 290 g/mol. The van der Waals surface area contributed by atoms with Crippen LogP contribution in [-0.4, -0.2) is 53.4 Å². The van der Waals surface area contributed by atoms with Crippen LogP contribution in [0.15, 0.2) is 0 Å². The molecule has 0 aromatic rings. The molecule has 1 rings (SSSR count). The highest BCUT2D eigenvalue weighted by Gasteiger charge is 2.29. The van der Waals surface area contributed by atoms with Crippen LogP contribution in [0.3, 0.4) is 0 Å². The zero-order valence-corrected chi connectivity index (χ0v) is 13.0. The summed E-state index contributed by atoms with van der Waals surface area (Å²) in [5, 5.41) is 25.7. The van der Waals surface area contributed by atoms with Crippen molar-refractivity contribution in [2.75, 3.05) is 13.2 Å². The molecule has 1 saturated heterocycles. The highest BCUT2D eigenvalue weighted by molar-refractivity contribution is 5.85. The van der Waals surface area contributed by atoms with E-state index in [1.165, 1.54) is 0 Å². The summed E-state index contributed by atoms with van der Waals surface area (Å²) in [7, 11) is 0. The van der Waals surface area contributed by atoms with Crippen LogP contribution in [0.5, 0.6) is 0 Å². The SMILES string of the molecule is CC(C)C[C@H](NC(=O)O)C(=O)N[C@H](CO)CC1CCNC1=O. The van der Waals surface area contributed by atoms with Crippen molar-refractivity contribution in [3.8, 4) is 0 Å². The normalized spacial score (nSPS) is 20.4. The van der Waals surface area contributed by atoms with Gasteiger partial charge in [0.05, 0.1) is 12.6 Å². The molecule has 0 aromatic carbocycles. The Labute approximate surface area is 129 Å². The van der Waals surface area contributed by atoms with Gasteiger partial charge in [0, 0.05) is 12.5 Å². The number of carbonyl (C=O) groups excluding carboxylic acids is 2. The minimum Gasteiger partial charge on any atom is -0.465 e. The van der Waals surface area contributed by atoms with Crippen LogP contribution in [0.4, 0.5) is 4.79 Å². The second-order valence-electron chi connectivity index (χ2n) is 6.03. The molecule has 0 bridgehead atoms. The lowest BCUT2D eigenvalue weighted by atomic mass is 9.97. The van der Waals surface area contributed by atoms with E-state index < -0.39 is 24.1 Å². The van der Waals surface area contributed by atoms with E-state index in [9.17, 15) is 19.5 Å². The van der Waals surface area contributed by atoms with E-state index >= 15 is 0 Å². The van der Waals surface area contributed by atoms with Crippen LogP contribution >= 0.6 is 0 Å². The monoisotopic (exact) mass is 315 g/mol. The average Bonchev–Trinajstić information content (AvgIpc) is 2.81. The largest absolute Gasteiger partial charge is 0.465 e. The van der Waals surface area contributed by atoms with Crippen molar-refractivity contribution in [3.63, 3.8) is 0 Å². The highest BCUT2D eigenvalue weighted by Crippen LogP contribution is 2.16. The summed E-state index contributed by atoms with van der Waals surface area (Å²) in [5.41, 5.74) is 0. The van der Waals surface area contributed by atoms with E-state index in [0.29, 0.717) is 25.8 Å². The van der Waals surface area contributed by atoms with Gasteiger partial charge in [0.1, 0.15) is 6.04 Å². The summed E-state index contributed by atoms with van der Waals surface area (Å²) in [6, 6.07) is -1.43. The smallest absolute Gasteiger partial charge is 0.405 e. The third-order valence-electron chi connectivity index (χ3n) is 3.62. The van der Waals surface area contributed by atoms with Crippen molar-refractivity contribution < 1.29 is 24.6 Å². The van der Waals surface area contributed by atoms with E-state index in [2.05, 4.69) is 16.0 Å². The molecule has 1 fully saturated rings. The molecule has 1 aliphatic rings. The van der Waals surface area contributed by atoms with Gasteiger partial charge in [-0.05, 0) is 25.2 Å². The molecule has 1 aliphatic heterocycles. The fourth-order valence-corrected chi connectivity index (χ4v) is 2.55. The van der Waals surface area contributed by atoms with Crippen molar-refractivity contribution in [1.82, 2.24) is 16.0 Å². The molecular formula is C14H25N3O5. The van der Waals surface area contributed by atoms with Gasteiger partial charge < -0.3 is 26.2 Å².